The zero-order valence-electron chi connectivity index (χ0n) is 11.8. The van der Waals surface area contributed by atoms with Crippen LogP contribution in [0.4, 0.5) is 0 Å². The lowest BCUT2D eigenvalue weighted by Crippen LogP contribution is -2.48. The Bertz CT molecular complexity index is 549. The van der Waals surface area contributed by atoms with Crippen LogP contribution in [-0.4, -0.2) is 25.0 Å². The molecular formula is C13H20N2O4S. The summed E-state index contributed by atoms with van der Waals surface area (Å²) in [5, 5.41) is 8.92. The molecule has 0 radical (unpaired) electrons. The number of hydrogen-bond acceptors (Lipinski definition) is 3. The first kappa shape index (κ1) is 16.6. The molecule has 0 amide bonds. The summed E-state index contributed by atoms with van der Waals surface area (Å²) in [6, 6.07) is 7.81. The standard InChI is InChI=1S/C13H20N2O4S/c1-13(2,3)15-20(18,19)14-11(9-12(16)17)10-7-5-4-6-8-10/h4-8,11,14-15H,9H2,1-3H3,(H,16,17). The maximum absolute atomic E-state index is 12.0. The third-order valence-corrected chi connectivity index (χ3v) is 3.79. The van der Waals surface area contributed by atoms with Crippen LogP contribution in [0.15, 0.2) is 30.3 Å². The molecule has 1 unspecified atom stereocenters. The molecule has 0 bridgehead atoms. The first-order valence-corrected chi connectivity index (χ1v) is 7.65. The van der Waals surface area contributed by atoms with Crippen LogP contribution >= 0.6 is 0 Å². The van der Waals surface area contributed by atoms with Crippen LogP contribution in [0.25, 0.3) is 0 Å². The van der Waals surface area contributed by atoms with Gasteiger partial charge in [-0.1, -0.05) is 30.3 Å². The summed E-state index contributed by atoms with van der Waals surface area (Å²) in [6.07, 6.45) is -0.324. The fraction of sp³-hybridized carbons (Fsp3) is 0.462. The quantitative estimate of drug-likeness (QED) is 0.740. The number of rotatable bonds is 6. The highest BCUT2D eigenvalue weighted by atomic mass is 32.2. The predicted octanol–water partition coefficient (Wildman–Crippen LogP) is 1.42. The van der Waals surface area contributed by atoms with Crippen LogP contribution in [-0.2, 0) is 15.0 Å². The molecule has 3 N–H and O–H groups in total. The third kappa shape index (κ3) is 6.14. The molecule has 0 aliphatic rings. The normalized spacial score (nSPS) is 13.9. The van der Waals surface area contributed by atoms with Crippen LogP contribution in [0.3, 0.4) is 0 Å². The SMILES string of the molecule is CC(C)(C)NS(=O)(=O)NC(CC(=O)O)c1ccccc1. The molecule has 1 rings (SSSR count). The minimum atomic E-state index is -3.80. The van der Waals surface area contributed by atoms with Gasteiger partial charge in [0.1, 0.15) is 0 Å². The van der Waals surface area contributed by atoms with Gasteiger partial charge in [-0.05, 0) is 26.3 Å². The summed E-state index contributed by atoms with van der Waals surface area (Å²) in [7, 11) is -3.80. The number of nitrogens with one attached hydrogen (secondary N) is 2. The maximum atomic E-state index is 12.0. The van der Waals surface area contributed by atoms with E-state index in [0.29, 0.717) is 5.56 Å². The van der Waals surface area contributed by atoms with Gasteiger partial charge in [-0.15, -0.1) is 0 Å². The summed E-state index contributed by atoms with van der Waals surface area (Å²) in [6.45, 7) is 5.13. The van der Waals surface area contributed by atoms with Gasteiger partial charge >= 0.3 is 5.97 Å². The molecule has 0 aliphatic heterocycles. The lowest BCUT2D eigenvalue weighted by Gasteiger charge is -2.24. The average Bonchev–Trinajstić information content (AvgIpc) is 2.25. The van der Waals surface area contributed by atoms with E-state index in [0.717, 1.165) is 0 Å². The molecule has 7 heteroatoms. The van der Waals surface area contributed by atoms with Gasteiger partial charge in [-0.2, -0.15) is 17.9 Å². The Morgan fingerprint density at radius 2 is 1.80 bits per heavy atom. The van der Waals surface area contributed by atoms with Crippen molar-refractivity contribution in [3.63, 3.8) is 0 Å². The summed E-state index contributed by atoms with van der Waals surface area (Å²) >= 11 is 0. The van der Waals surface area contributed by atoms with Gasteiger partial charge in [0.2, 0.25) is 0 Å². The molecule has 20 heavy (non-hydrogen) atoms. The number of aliphatic carboxylic acids is 1. The molecule has 0 spiro atoms. The van der Waals surface area contributed by atoms with E-state index in [1.807, 2.05) is 0 Å². The number of benzene rings is 1. The second-order valence-corrected chi connectivity index (χ2v) is 6.98. The largest absolute Gasteiger partial charge is 0.481 e. The molecule has 0 saturated carbocycles. The summed E-state index contributed by atoms with van der Waals surface area (Å²) in [4.78, 5) is 10.9. The van der Waals surface area contributed by atoms with Crippen molar-refractivity contribution in [2.75, 3.05) is 0 Å². The highest BCUT2D eigenvalue weighted by molar-refractivity contribution is 7.87. The van der Waals surface area contributed by atoms with Crippen molar-refractivity contribution in [3.05, 3.63) is 35.9 Å². The summed E-state index contributed by atoms with van der Waals surface area (Å²) in [5.41, 5.74) is -0.0368. The molecule has 0 aliphatic carbocycles. The molecule has 1 aromatic carbocycles. The van der Waals surface area contributed by atoms with E-state index < -0.39 is 27.8 Å². The van der Waals surface area contributed by atoms with Crippen LogP contribution in [0.1, 0.15) is 38.8 Å². The van der Waals surface area contributed by atoms with Crippen LogP contribution in [0, 0.1) is 0 Å². The fourth-order valence-electron chi connectivity index (χ4n) is 1.71. The minimum absolute atomic E-state index is 0.324. The smallest absolute Gasteiger partial charge is 0.305 e. The molecule has 1 atom stereocenters. The van der Waals surface area contributed by atoms with E-state index >= 15 is 0 Å². The average molecular weight is 300 g/mol. The Balaban J connectivity index is 2.94. The maximum Gasteiger partial charge on any atom is 0.305 e. The van der Waals surface area contributed by atoms with Crippen molar-refractivity contribution < 1.29 is 18.3 Å². The molecule has 0 fully saturated rings. The first-order chi connectivity index (χ1) is 9.09. The van der Waals surface area contributed by atoms with E-state index in [-0.39, 0.29) is 6.42 Å². The first-order valence-electron chi connectivity index (χ1n) is 6.17. The predicted molar refractivity (Wildman–Crippen MR) is 76.4 cm³/mol. The van der Waals surface area contributed by atoms with E-state index in [1.54, 1.807) is 51.1 Å². The monoisotopic (exact) mass is 300 g/mol. The Morgan fingerprint density at radius 1 is 1.25 bits per heavy atom. The number of carbonyl (C=O) groups is 1. The van der Waals surface area contributed by atoms with E-state index in [1.165, 1.54) is 0 Å². The Hall–Kier alpha value is -1.44. The van der Waals surface area contributed by atoms with Gasteiger partial charge in [0.05, 0.1) is 12.5 Å². The van der Waals surface area contributed by atoms with Gasteiger partial charge in [-0.25, -0.2) is 0 Å². The number of carboxylic acids is 1. The summed E-state index contributed by atoms with van der Waals surface area (Å²) < 4.78 is 28.8. The van der Waals surface area contributed by atoms with E-state index in [4.69, 9.17) is 5.11 Å². The van der Waals surface area contributed by atoms with E-state index in [9.17, 15) is 13.2 Å². The van der Waals surface area contributed by atoms with Crippen LogP contribution < -0.4 is 9.44 Å². The lowest BCUT2D eigenvalue weighted by molar-refractivity contribution is -0.137. The second kappa shape index (κ2) is 6.34. The van der Waals surface area contributed by atoms with Gasteiger partial charge in [0.15, 0.2) is 0 Å². The Labute approximate surface area is 119 Å². The van der Waals surface area contributed by atoms with Gasteiger partial charge in [-0.3, -0.25) is 4.79 Å². The number of hydrogen-bond donors (Lipinski definition) is 3. The second-order valence-electron chi connectivity index (χ2n) is 5.53. The molecule has 0 aromatic heterocycles. The number of carboxylic acid groups (broad SMARTS) is 1. The van der Waals surface area contributed by atoms with Crippen molar-refractivity contribution in [1.29, 1.82) is 0 Å². The van der Waals surface area contributed by atoms with Gasteiger partial charge < -0.3 is 5.11 Å². The molecule has 112 valence electrons. The zero-order chi connectivity index (χ0) is 15.4. The summed E-state index contributed by atoms with van der Waals surface area (Å²) in [5.74, 6) is -1.07. The zero-order valence-corrected chi connectivity index (χ0v) is 12.6. The molecular weight excluding hydrogens is 280 g/mol. The van der Waals surface area contributed by atoms with Crippen molar-refractivity contribution in [1.82, 2.24) is 9.44 Å². The van der Waals surface area contributed by atoms with Crippen molar-refractivity contribution >= 4 is 16.2 Å². The highest BCUT2D eigenvalue weighted by Gasteiger charge is 2.25. The van der Waals surface area contributed by atoms with Gasteiger partial charge in [0, 0.05) is 5.54 Å². The third-order valence-electron chi connectivity index (χ3n) is 2.32. The molecule has 1 aromatic rings. The van der Waals surface area contributed by atoms with Crippen molar-refractivity contribution in [3.8, 4) is 0 Å². The van der Waals surface area contributed by atoms with Crippen molar-refractivity contribution in [2.45, 2.75) is 38.8 Å². The Morgan fingerprint density at radius 3 is 2.25 bits per heavy atom. The molecule has 0 saturated heterocycles. The van der Waals surface area contributed by atoms with Crippen molar-refractivity contribution in [2.24, 2.45) is 0 Å². The highest BCUT2D eigenvalue weighted by Crippen LogP contribution is 2.17. The van der Waals surface area contributed by atoms with Crippen LogP contribution in [0.5, 0.6) is 0 Å². The minimum Gasteiger partial charge on any atom is -0.481 e. The van der Waals surface area contributed by atoms with Gasteiger partial charge in [0.25, 0.3) is 10.2 Å². The topological polar surface area (TPSA) is 95.5 Å². The molecule has 0 heterocycles. The van der Waals surface area contributed by atoms with Crippen LogP contribution in [0.2, 0.25) is 0 Å². The lowest BCUT2D eigenvalue weighted by atomic mass is 10.1. The fourth-order valence-corrected chi connectivity index (χ4v) is 3.17. The Kier molecular flexibility index (Phi) is 5.27. The molecule has 6 nitrogen and oxygen atoms in total. The van der Waals surface area contributed by atoms with E-state index in [2.05, 4.69) is 9.44 Å².